The number of carbonyl (C=O) groups is 1. The number of aromatic nitrogens is 2. The average molecular weight is 329 g/mol. The van der Waals surface area contributed by atoms with Gasteiger partial charge in [-0.25, -0.2) is 4.79 Å². The molecule has 0 fully saturated rings. The van der Waals surface area contributed by atoms with E-state index in [0.29, 0.717) is 41.3 Å². The Morgan fingerprint density at radius 3 is 2.67 bits per heavy atom. The standard InChI is InChI=1S/C17H19N3O4/c1-4-24-17(21)13-11-20(9-5-8-18)19-16(13)12-6-7-14(22-2)15(10-12)23-3/h6-7,10-11H,4-5,9H2,1-3H3. The third-order valence-corrected chi connectivity index (χ3v) is 3.37. The van der Waals surface area contributed by atoms with Gasteiger partial charge in [-0.15, -0.1) is 0 Å². The van der Waals surface area contributed by atoms with Crippen LogP contribution in [0.4, 0.5) is 0 Å². The first-order valence-electron chi connectivity index (χ1n) is 7.48. The molecule has 0 unspecified atom stereocenters. The van der Waals surface area contributed by atoms with Gasteiger partial charge in [0.25, 0.3) is 0 Å². The van der Waals surface area contributed by atoms with Crippen molar-refractivity contribution in [1.29, 1.82) is 5.26 Å². The summed E-state index contributed by atoms with van der Waals surface area (Å²) in [5.41, 5.74) is 1.53. The molecule has 0 aliphatic carbocycles. The monoisotopic (exact) mass is 329 g/mol. The van der Waals surface area contributed by atoms with E-state index in [9.17, 15) is 4.79 Å². The molecule has 0 atom stereocenters. The lowest BCUT2D eigenvalue weighted by atomic mass is 10.1. The molecule has 7 heteroatoms. The maximum Gasteiger partial charge on any atom is 0.341 e. The van der Waals surface area contributed by atoms with E-state index in [2.05, 4.69) is 11.2 Å². The Morgan fingerprint density at radius 1 is 1.29 bits per heavy atom. The summed E-state index contributed by atoms with van der Waals surface area (Å²) in [4.78, 5) is 12.2. The van der Waals surface area contributed by atoms with Gasteiger partial charge >= 0.3 is 5.97 Å². The van der Waals surface area contributed by atoms with Gasteiger partial charge in [0.15, 0.2) is 11.5 Å². The van der Waals surface area contributed by atoms with E-state index >= 15 is 0 Å². The number of nitriles is 1. The molecule has 1 aromatic heterocycles. The van der Waals surface area contributed by atoms with Gasteiger partial charge in [-0.1, -0.05) is 0 Å². The number of carbonyl (C=O) groups excluding carboxylic acids is 1. The van der Waals surface area contributed by atoms with Gasteiger partial charge < -0.3 is 14.2 Å². The van der Waals surface area contributed by atoms with E-state index < -0.39 is 5.97 Å². The number of aryl methyl sites for hydroxylation is 1. The van der Waals surface area contributed by atoms with Crippen LogP contribution in [0.25, 0.3) is 11.3 Å². The Balaban J connectivity index is 2.49. The lowest BCUT2D eigenvalue weighted by Crippen LogP contribution is -2.05. The molecule has 2 rings (SSSR count). The second-order valence-electron chi connectivity index (χ2n) is 4.85. The van der Waals surface area contributed by atoms with Crippen LogP contribution in [0.15, 0.2) is 24.4 Å². The number of rotatable bonds is 7. The third kappa shape index (κ3) is 3.66. The molecule has 0 spiro atoms. The van der Waals surface area contributed by atoms with Crippen molar-refractivity contribution in [2.24, 2.45) is 0 Å². The predicted octanol–water partition coefficient (Wildman–Crippen LogP) is 2.66. The fourth-order valence-corrected chi connectivity index (χ4v) is 2.26. The van der Waals surface area contributed by atoms with Crippen LogP contribution in [0.2, 0.25) is 0 Å². The third-order valence-electron chi connectivity index (χ3n) is 3.37. The summed E-state index contributed by atoms with van der Waals surface area (Å²) in [7, 11) is 3.09. The number of hydrogen-bond acceptors (Lipinski definition) is 6. The van der Waals surface area contributed by atoms with Crippen molar-refractivity contribution in [2.75, 3.05) is 20.8 Å². The summed E-state index contributed by atoms with van der Waals surface area (Å²) >= 11 is 0. The first-order valence-corrected chi connectivity index (χ1v) is 7.48. The average Bonchev–Trinajstić information content (AvgIpc) is 3.03. The molecule has 0 aliphatic heterocycles. The molecule has 7 nitrogen and oxygen atoms in total. The Labute approximate surface area is 140 Å². The van der Waals surface area contributed by atoms with Crippen LogP contribution < -0.4 is 9.47 Å². The quantitative estimate of drug-likeness (QED) is 0.726. The second kappa shape index (κ2) is 8.02. The zero-order valence-corrected chi connectivity index (χ0v) is 13.9. The molecule has 0 radical (unpaired) electrons. The lowest BCUT2D eigenvalue weighted by molar-refractivity contribution is 0.0527. The predicted molar refractivity (Wildman–Crippen MR) is 87.0 cm³/mol. The molecule has 2 aromatic rings. The zero-order chi connectivity index (χ0) is 17.5. The van der Waals surface area contributed by atoms with Gasteiger partial charge in [-0.05, 0) is 25.1 Å². The van der Waals surface area contributed by atoms with E-state index in [0.717, 1.165) is 0 Å². The first-order chi connectivity index (χ1) is 11.6. The van der Waals surface area contributed by atoms with Crippen molar-refractivity contribution < 1.29 is 19.0 Å². The van der Waals surface area contributed by atoms with Crippen molar-refractivity contribution in [3.8, 4) is 28.8 Å². The Bertz CT molecular complexity index is 762. The molecule has 0 aliphatic rings. The fraction of sp³-hybridized carbons (Fsp3) is 0.353. The minimum absolute atomic E-state index is 0.271. The Morgan fingerprint density at radius 2 is 2.04 bits per heavy atom. The molecule has 1 aromatic carbocycles. The van der Waals surface area contributed by atoms with E-state index in [1.807, 2.05) is 0 Å². The SMILES string of the molecule is CCOC(=O)c1cn(CCC#N)nc1-c1ccc(OC)c(OC)c1. The second-order valence-corrected chi connectivity index (χ2v) is 4.85. The summed E-state index contributed by atoms with van der Waals surface area (Å²) in [6, 6.07) is 7.35. The van der Waals surface area contributed by atoms with E-state index in [1.54, 1.807) is 50.2 Å². The highest BCUT2D eigenvalue weighted by molar-refractivity contribution is 5.96. The molecular weight excluding hydrogens is 310 g/mol. The van der Waals surface area contributed by atoms with Crippen molar-refractivity contribution >= 4 is 5.97 Å². The van der Waals surface area contributed by atoms with Crippen LogP contribution in [0.1, 0.15) is 23.7 Å². The zero-order valence-electron chi connectivity index (χ0n) is 13.9. The van der Waals surface area contributed by atoms with Crippen LogP contribution >= 0.6 is 0 Å². The van der Waals surface area contributed by atoms with Crippen LogP contribution in [0.5, 0.6) is 11.5 Å². The highest BCUT2D eigenvalue weighted by Crippen LogP contribution is 2.33. The number of esters is 1. The van der Waals surface area contributed by atoms with Crippen LogP contribution in [0, 0.1) is 11.3 Å². The molecule has 0 amide bonds. The summed E-state index contributed by atoms with van der Waals surface area (Å²) < 4.78 is 17.2. The Kier molecular flexibility index (Phi) is 5.79. The summed E-state index contributed by atoms with van der Waals surface area (Å²) in [6.45, 7) is 2.41. The molecular formula is C17H19N3O4. The van der Waals surface area contributed by atoms with Gasteiger partial charge in [0, 0.05) is 11.8 Å². The smallest absolute Gasteiger partial charge is 0.341 e. The summed E-state index contributed by atoms with van der Waals surface area (Å²) in [5, 5.41) is 13.1. The maximum absolute atomic E-state index is 12.2. The van der Waals surface area contributed by atoms with Crippen molar-refractivity contribution in [3.05, 3.63) is 30.0 Å². The van der Waals surface area contributed by atoms with Crippen LogP contribution in [0.3, 0.4) is 0 Å². The van der Waals surface area contributed by atoms with Gasteiger partial charge in [-0.3, -0.25) is 4.68 Å². The molecule has 126 valence electrons. The molecule has 1 heterocycles. The molecule has 0 bridgehead atoms. The van der Waals surface area contributed by atoms with Crippen molar-refractivity contribution in [3.63, 3.8) is 0 Å². The topological polar surface area (TPSA) is 86.4 Å². The Hall–Kier alpha value is -3.01. The first kappa shape index (κ1) is 17.3. The summed E-state index contributed by atoms with van der Waals surface area (Å²) in [6.07, 6.45) is 1.90. The van der Waals surface area contributed by atoms with Crippen LogP contribution in [-0.4, -0.2) is 36.6 Å². The van der Waals surface area contributed by atoms with Crippen LogP contribution in [-0.2, 0) is 11.3 Å². The number of ether oxygens (including phenoxy) is 3. The van der Waals surface area contributed by atoms with Gasteiger partial charge in [0.2, 0.25) is 0 Å². The van der Waals surface area contributed by atoms with Crippen molar-refractivity contribution in [1.82, 2.24) is 9.78 Å². The molecule has 0 N–H and O–H groups in total. The molecule has 0 saturated carbocycles. The highest BCUT2D eigenvalue weighted by Gasteiger charge is 2.20. The maximum atomic E-state index is 12.2. The fourth-order valence-electron chi connectivity index (χ4n) is 2.26. The number of methoxy groups -OCH3 is 2. The number of benzene rings is 1. The van der Waals surface area contributed by atoms with E-state index in [-0.39, 0.29) is 6.61 Å². The van der Waals surface area contributed by atoms with E-state index in [1.165, 1.54) is 0 Å². The number of hydrogen-bond donors (Lipinski definition) is 0. The minimum Gasteiger partial charge on any atom is -0.493 e. The normalized spacial score (nSPS) is 10.1. The lowest BCUT2D eigenvalue weighted by Gasteiger charge is -2.09. The highest BCUT2D eigenvalue weighted by atomic mass is 16.5. The van der Waals surface area contributed by atoms with E-state index in [4.69, 9.17) is 19.5 Å². The molecule has 24 heavy (non-hydrogen) atoms. The van der Waals surface area contributed by atoms with Gasteiger partial charge in [-0.2, -0.15) is 10.4 Å². The molecule has 0 saturated heterocycles. The minimum atomic E-state index is -0.453. The largest absolute Gasteiger partial charge is 0.493 e. The van der Waals surface area contributed by atoms with Crippen molar-refractivity contribution in [2.45, 2.75) is 19.9 Å². The summed E-state index contributed by atoms with van der Waals surface area (Å²) in [5.74, 6) is 0.671. The number of nitrogens with zero attached hydrogens (tertiary/aromatic N) is 3. The van der Waals surface area contributed by atoms with Gasteiger partial charge in [0.1, 0.15) is 11.3 Å². The van der Waals surface area contributed by atoms with Gasteiger partial charge in [0.05, 0.1) is 39.9 Å².